The first-order valence-electron chi connectivity index (χ1n) is 7.00. The number of ether oxygens (including phenoxy) is 1. The molecule has 3 rings (SSSR count). The first-order valence-corrected chi connectivity index (χ1v) is 7.82. The summed E-state index contributed by atoms with van der Waals surface area (Å²) in [5, 5.41) is 4.02. The van der Waals surface area contributed by atoms with E-state index in [0.29, 0.717) is 5.95 Å². The van der Waals surface area contributed by atoms with Crippen molar-refractivity contribution in [2.24, 2.45) is 0 Å². The summed E-state index contributed by atoms with van der Waals surface area (Å²) >= 11 is 1.55. The van der Waals surface area contributed by atoms with Crippen molar-refractivity contribution in [3.05, 3.63) is 60.8 Å². The lowest BCUT2D eigenvalue weighted by molar-refractivity contribution is 0.413. The molecule has 5 nitrogen and oxygen atoms in total. The molecule has 116 valence electrons. The minimum Gasteiger partial charge on any atom is -0.497 e. The summed E-state index contributed by atoms with van der Waals surface area (Å²) < 4.78 is 5.24. The highest BCUT2D eigenvalue weighted by molar-refractivity contribution is 7.99. The molecule has 23 heavy (non-hydrogen) atoms. The van der Waals surface area contributed by atoms with Gasteiger partial charge in [-0.15, -0.1) is 0 Å². The van der Waals surface area contributed by atoms with E-state index in [-0.39, 0.29) is 0 Å². The van der Waals surface area contributed by atoms with Crippen LogP contribution < -0.4 is 15.8 Å². The Morgan fingerprint density at radius 3 is 2.70 bits per heavy atom. The average Bonchev–Trinajstić information content (AvgIpc) is 2.57. The van der Waals surface area contributed by atoms with Crippen molar-refractivity contribution in [2.75, 3.05) is 18.2 Å². The van der Waals surface area contributed by atoms with Crippen LogP contribution in [0, 0.1) is 0 Å². The summed E-state index contributed by atoms with van der Waals surface area (Å²) in [5.74, 6) is 1.37. The third-order valence-corrected chi connectivity index (χ3v) is 3.99. The number of hydrogen-bond donors (Lipinski definition) is 2. The van der Waals surface area contributed by atoms with Crippen molar-refractivity contribution in [1.82, 2.24) is 9.97 Å². The van der Waals surface area contributed by atoms with Crippen molar-refractivity contribution in [1.29, 1.82) is 0 Å². The predicted molar refractivity (Wildman–Crippen MR) is 93.3 cm³/mol. The molecule has 0 saturated carbocycles. The zero-order chi connectivity index (χ0) is 16.1. The zero-order valence-electron chi connectivity index (χ0n) is 12.6. The SMILES string of the molecule is COc1cccc(Sc2ccnc(Nc3ccc(N)cc3)n2)c1. The molecule has 0 spiro atoms. The molecule has 0 bridgehead atoms. The van der Waals surface area contributed by atoms with E-state index in [1.165, 1.54) is 0 Å². The van der Waals surface area contributed by atoms with E-state index in [4.69, 9.17) is 10.5 Å². The Bertz CT molecular complexity index is 793. The van der Waals surface area contributed by atoms with Crippen LogP contribution in [-0.4, -0.2) is 17.1 Å². The smallest absolute Gasteiger partial charge is 0.228 e. The second-order valence-electron chi connectivity index (χ2n) is 4.75. The summed E-state index contributed by atoms with van der Waals surface area (Å²) in [5.41, 5.74) is 7.29. The third-order valence-electron chi connectivity index (χ3n) is 3.06. The van der Waals surface area contributed by atoms with Crippen LogP contribution in [0.1, 0.15) is 0 Å². The Morgan fingerprint density at radius 2 is 1.91 bits per heavy atom. The minimum atomic E-state index is 0.544. The molecule has 1 aromatic heterocycles. The largest absolute Gasteiger partial charge is 0.497 e. The maximum atomic E-state index is 5.68. The van der Waals surface area contributed by atoms with Crippen molar-refractivity contribution in [3.8, 4) is 5.75 Å². The van der Waals surface area contributed by atoms with Crippen LogP contribution in [0.25, 0.3) is 0 Å². The van der Waals surface area contributed by atoms with Crippen LogP contribution in [0.2, 0.25) is 0 Å². The molecule has 3 aromatic rings. The van der Waals surface area contributed by atoms with Crippen LogP contribution >= 0.6 is 11.8 Å². The van der Waals surface area contributed by atoms with Crippen molar-refractivity contribution >= 4 is 29.1 Å². The van der Waals surface area contributed by atoms with Crippen molar-refractivity contribution in [2.45, 2.75) is 9.92 Å². The number of hydrogen-bond acceptors (Lipinski definition) is 6. The molecule has 0 amide bonds. The van der Waals surface area contributed by atoms with Gasteiger partial charge in [-0.25, -0.2) is 9.97 Å². The van der Waals surface area contributed by atoms with Gasteiger partial charge in [-0.2, -0.15) is 0 Å². The fourth-order valence-electron chi connectivity index (χ4n) is 1.94. The summed E-state index contributed by atoms with van der Waals surface area (Å²) in [4.78, 5) is 9.81. The summed E-state index contributed by atoms with van der Waals surface area (Å²) in [6, 6.07) is 17.2. The molecule has 6 heteroatoms. The lowest BCUT2D eigenvalue weighted by atomic mass is 10.3. The number of nitrogens with two attached hydrogens (primary N) is 1. The Balaban J connectivity index is 1.75. The topological polar surface area (TPSA) is 73.1 Å². The summed E-state index contributed by atoms with van der Waals surface area (Å²) in [6.07, 6.45) is 1.73. The maximum absolute atomic E-state index is 5.68. The van der Waals surface area contributed by atoms with Gasteiger partial charge in [0.15, 0.2) is 0 Å². The van der Waals surface area contributed by atoms with Gasteiger partial charge in [0.25, 0.3) is 0 Å². The molecule has 3 N–H and O–H groups in total. The second-order valence-corrected chi connectivity index (χ2v) is 5.84. The number of anilines is 3. The van der Waals surface area contributed by atoms with E-state index in [1.807, 2.05) is 54.6 Å². The molecular weight excluding hydrogens is 308 g/mol. The first-order chi connectivity index (χ1) is 11.2. The van der Waals surface area contributed by atoms with Crippen molar-refractivity contribution < 1.29 is 4.74 Å². The molecule has 0 aliphatic heterocycles. The average molecular weight is 324 g/mol. The van der Waals surface area contributed by atoms with E-state index in [9.17, 15) is 0 Å². The molecule has 1 heterocycles. The number of nitrogen functional groups attached to an aromatic ring is 1. The minimum absolute atomic E-state index is 0.544. The molecule has 2 aromatic carbocycles. The number of nitrogens with one attached hydrogen (secondary N) is 1. The Labute approximate surface area is 138 Å². The van der Waals surface area contributed by atoms with E-state index in [2.05, 4.69) is 15.3 Å². The number of aromatic nitrogens is 2. The van der Waals surface area contributed by atoms with Gasteiger partial charge in [-0.05, 0) is 48.5 Å². The fourth-order valence-corrected chi connectivity index (χ4v) is 2.76. The normalized spacial score (nSPS) is 10.3. The number of rotatable bonds is 5. The lowest BCUT2D eigenvalue weighted by Gasteiger charge is -2.07. The number of methoxy groups -OCH3 is 1. The van der Waals surface area contributed by atoms with Gasteiger partial charge in [0, 0.05) is 22.5 Å². The van der Waals surface area contributed by atoms with Crippen molar-refractivity contribution in [3.63, 3.8) is 0 Å². The van der Waals surface area contributed by atoms with E-state index in [0.717, 1.165) is 27.0 Å². The molecule has 0 aliphatic carbocycles. The van der Waals surface area contributed by atoms with E-state index >= 15 is 0 Å². The van der Waals surface area contributed by atoms with Crippen LogP contribution in [0.5, 0.6) is 5.75 Å². The van der Waals surface area contributed by atoms with Gasteiger partial charge in [0.05, 0.1) is 7.11 Å². The van der Waals surface area contributed by atoms with Crippen LogP contribution in [-0.2, 0) is 0 Å². The zero-order valence-corrected chi connectivity index (χ0v) is 13.4. The van der Waals surface area contributed by atoms with Gasteiger partial charge in [0.1, 0.15) is 10.8 Å². The quantitative estimate of drug-likeness (QED) is 0.546. The van der Waals surface area contributed by atoms with Gasteiger partial charge in [-0.3, -0.25) is 0 Å². The third kappa shape index (κ3) is 4.14. The Kier molecular flexibility index (Phi) is 4.63. The number of nitrogens with zero attached hydrogens (tertiary/aromatic N) is 2. The molecule has 0 unspecified atom stereocenters. The Hall–Kier alpha value is -2.73. The Morgan fingerprint density at radius 1 is 1.09 bits per heavy atom. The molecule has 0 saturated heterocycles. The summed E-state index contributed by atoms with van der Waals surface area (Å²) in [7, 11) is 1.66. The molecule has 0 radical (unpaired) electrons. The van der Waals surface area contributed by atoms with E-state index < -0.39 is 0 Å². The molecule has 0 fully saturated rings. The van der Waals surface area contributed by atoms with Gasteiger partial charge in [0.2, 0.25) is 5.95 Å². The highest BCUT2D eigenvalue weighted by Gasteiger charge is 2.04. The van der Waals surface area contributed by atoms with Crippen LogP contribution in [0.3, 0.4) is 0 Å². The molecular formula is C17H16N4OS. The van der Waals surface area contributed by atoms with Crippen LogP contribution in [0.15, 0.2) is 70.7 Å². The number of benzene rings is 2. The predicted octanol–water partition coefficient (Wildman–Crippen LogP) is 3.96. The van der Waals surface area contributed by atoms with Gasteiger partial charge in [-0.1, -0.05) is 17.8 Å². The summed E-state index contributed by atoms with van der Waals surface area (Å²) in [6.45, 7) is 0. The molecule has 0 aliphatic rings. The van der Waals surface area contributed by atoms with E-state index in [1.54, 1.807) is 25.1 Å². The van der Waals surface area contributed by atoms with Crippen LogP contribution in [0.4, 0.5) is 17.3 Å². The standard InChI is InChI=1S/C17H16N4OS/c1-22-14-3-2-4-15(11-14)23-16-9-10-19-17(21-16)20-13-7-5-12(18)6-8-13/h2-11H,18H2,1H3,(H,19,20,21). The highest BCUT2D eigenvalue weighted by Crippen LogP contribution is 2.29. The fraction of sp³-hybridized carbons (Fsp3) is 0.0588. The first kappa shape index (κ1) is 15.2. The maximum Gasteiger partial charge on any atom is 0.228 e. The van der Waals surface area contributed by atoms with Gasteiger partial charge >= 0.3 is 0 Å². The lowest BCUT2D eigenvalue weighted by Crippen LogP contribution is -1.97. The second kappa shape index (κ2) is 7.02. The van der Waals surface area contributed by atoms with Gasteiger partial charge < -0.3 is 15.8 Å². The monoisotopic (exact) mass is 324 g/mol. The highest BCUT2D eigenvalue weighted by atomic mass is 32.2. The molecule has 0 atom stereocenters.